The number of fused-ring (bicyclic) bond motifs is 3. The van der Waals surface area contributed by atoms with Gasteiger partial charge in [0, 0.05) is 33.0 Å². The zero-order valence-corrected chi connectivity index (χ0v) is 23.2. The number of rotatable bonds is 5. The Balaban J connectivity index is 1.25. The number of aromatic nitrogens is 3. The molecule has 0 atom stereocenters. The normalized spacial score (nSPS) is 11.3. The lowest BCUT2D eigenvalue weighted by atomic mass is 10.00. The van der Waals surface area contributed by atoms with Gasteiger partial charge in [0.05, 0.1) is 0 Å². The van der Waals surface area contributed by atoms with E-state index >= 15 is 0 Å². The minimum absolute atomic E-state index is 0.620. The van der Waals surface area contributed by atoms with Crippen molar-refractivity contribution in [3.8, 4) is 56.4 Å². The summed E-state index contributed by atoms with van der Waals surface area (Å²) < 4.78 is 6.34. The minimum Gasteiger partial charge on any atom is -0.455 e. The van der Waals surface area contributed by atoms with Crippen LogP contribution >= 0.6 is 0 Å². The van der Waals surface area contributed by atoms with Crippen molar-refractivity contribution in [2.75, 3.05) is 0 Å². The molecule has 6 aromatic carbocycles. The molecular formula is C39H25N3O. The lowest BCUT2D eigenvalue weighted by molar-refractivity contribution is 0.670. The Morgan fingerprint density at radius 1 is 0.349 bits per heavy atom. The molecular weight excluding hydrogens is 526 g/mol. The molecule has 2 heterocycles. The predicted molar refractivity (Wildman–Crippen MR) is 174 cm³/mol. The Hall–Kier alpha value is -5.87. The Kier molecular flexibility index (Phi) is 6.08. The van der Waals surface area contributed by atoms with E-state index in [0.29, 0.717) is 17.5 Å². The molecule has 0 aliphatic heterocycles. The van der Waals surface area contributed by atoms with Crippen LogP contribution in [-0.2, 0) is 0 Å². The van der Waals surface area contributed by atoms with Gasteiger partial charge in [-0.2, -0.15) is 0 Å². The summed E-state index contributed by atoms with van der Waals surface area (Å²) in [6.07, 6.45) is 0. The van der Waals surface area contributed by atoms with E-state index < -0.39 is 0 Å². The maximum absolute atomic E-state index is 6.34. The van der Waals surface area contributed by atoms with Crippen molar-refractivity contribution in [3.63, 3.8) is 0 Å². The zero-order chi connectivity index (χ0) is 28.6. The van der Waals surface area contributed by atoms with E-state index in [2.05, 4.69) is 91.0 Å². The molecule has 0 spiro atoms. The Labute approximate surface area is 249 Å². The van der Waals surface area contributed by atoms with Crippen molar-refractivity contribution in [2.45, 2.75) is 0 Å². The van der Waals surface area contributed by atoms with Gasteiger partial charge in [-0.3, -0.25) is 0 Å². The number of nitrogens with zero attached hydrogens (tertiary/aromatic N) is 3. The van der Waals surface area contributed by atoms with Crippen LogP contribution < -0.4 is 0 Å². The van der Waals surface area contributed by atoms with Crippen LogP contribution in [0, 0.1) is 0 Å². The molecule has 0 unspecified atom stereocenters. The largest absolute Gasteiger partial charge is 0.455 e. The van der Waals surface area contributed by atoms with Crippen LogP contribution in [0.15, 0.2) is 156 Å². The first kappa shape index (κ1) is 24.9. The van der Waals surface area contributed by atoms with Crippen LogP contribution in [0.3, 0.4) is 0 Å². The third-order valence-corrected chi connectivity index (χ3v) is 7.75. The van der Waals surface area contributed by atoms with Crippen molar-refractivity contribution in [1.82, 2.24) is 15.0 Å². The first-order chi connectivity index (χ1) is 21.3. The van der Waals surface area contributed by atoms with E-state index in [1.807, 2.05) is 60.7 Å². The molecule has 0 radical (unpaired) electrons. The fraction of sp³-hybridized carbons (Fsp3) is 0. The first-order valence-corrected chi connectivity index (χ1v) is 14.3. The summed E-state index contributed by atoms with van der Waals surface area (Å²) >= 11 is 0. The summed E-state index contributed by atoms with van der Waals surface area (Å²) in [6, 6.07) is 51.6. The summed E-state index contributed by atoms with van der Waals surface area (Å²) in [5, 5.41) is 2.22. The van der Waals surface area contributed by atoms with Crippen molar-refractivity contribution in [1.29, 1.82) is 0 Å². The van der Waals surface area contributed by atoms with Gasteiger partial charge in [0.2, 0.25) is 0 Å². The summed E-state index contributed by atoms with van der Waals surface area (Å²) in [5.41, 5.74) is 8.94. The molecule has 2 aromatic heterocycles. The molecule has 0 amide bonds. The zero-order valence-electron chi connectivity index (χ0n) is 23.2. The molecule has 0 aliphatic rings. The molecule has 8 aromatic rings. The van der Waals surface area contributed by atoms with Crippen molar-refractivity contribution in [2.24, 2.45) is 0 Å². The maximum atomic E-state index is 6.34. The standard InChI is InChI=1S/C39H25N3O/c1-3-11-26(12-4-1)27-21-23-29(24-22-27)38-40-37(28-13-5-2-6-14-28)41-39(42-38)31-16-9-15-30(25-31)32-18-10-19-34-33-17-7-8-20-35(33)43-36(32)34/h1-25H. The van der Waals surface area contributed by atoms with Crippen molar-refractivity contribution < 1.29 is 4.42 Å². The summed E-state index contributed by atoms with van der Waals surface area (Å²) in [5.74, 6) is 1.89. The summed E-state index contributed by atoms with van der Waals surface area (Å²) in [7, 11) is 0. The molecule has 0 aliphatic carbocycles. The number of para-hydroxylation sites is 2. The van der Waals surface area contributed by atoms with E-state index in [-0.39, 0.29) is 0 Å². The van der Waals surface area contributed by atoms with Gasteiger partial charge in [0.1, 0.15) is 11.2 Å². The maximum Gasteiger partial charge on any atom is 0.164 e. The summed E-state index contributed by atoms with van der Waals surface area (Å²) in [4.78, 5) is 14.8. The molecule has 4 heteroatoms. The average Bonchev–Trinajstić information content (AvgIpc) is 3.48. The second-order valence-electron chi connectivity index (χ2n) is 10.5. The molecule has 0 bridgehead atoms. The van der Waals surface area contributed by atoms with Crippen LogP contribution in [0.1, 0.15) is 0 Å². The van der Waals surface area contributed by atoms with E-state index in [1.165, 1.54) is 5.56 Å². The fourth-order valence-electron chi connectivity index (χ4n) is 5.59. The fourth-order valence-corrected chi connectivity index (χ4v) is 5.59. The van der Waals surface area contributed by atoms with E-state index in [9.17, 15) is 0 Å². The van der Waals surface area contributed by atoms with Crippen LogP contribution in [0.2, 0.25) is 0 Å². The molecule has 202 valence electrons. The molecule has 0 saturated carbocycles. The smallest absolute Gasteiger partial charge is 0.164 e. The first-order valence-electron chi connectivity index (χ1n) is 14.3. The van der Waals surface area contributed by atoms with Crippen molar-refractivity contribution >= 4 is 21.9 Å². The lowest BCUT2D eigenvalue weighted by Crippen LogP contribution is -2.00. The highest BCUT2D eigenvalue weighted by Gasteiger charge is 2.15. The molecule has 0 saturated heterocycles. The third-order valence-electron chi connectivity index (χ3n) is 7.75. The van der Waals surface area contributed by atoms with Crippen molar-refractivity contribution in [3.05, 3.63) is 152 Å². The van der Waals surface area contributed by atoms with E-state index in [1.54, 1.807) is 0 Å². The molecule has 0 N–H and O–H groups in total. The van der Waals surface area contributed by atoms with Gasteiger partial charge in [-0.25, -0.2) is 15.0 Å². The van der Waals surface area contributed by atoms with Gasteiger partial charge < -0.3 is 4.42 Å². The SMILES string of the molecule is c1ccc(-c2ccc(-c3nc(-c4ccccc4)nc(-c4cccc(-c5cccc6c5oc5ccccc56)c4)n3)cc2)cc1. The van der Waals surface area contributed by atoms with Crippen LogP contribution in [-0.4, -0.2) is 15.0 Å². The van der Waals surface area contributed by atoms with Crippen LogP contribution in [0.5, 0.6) is 0 Å². The second kappa shape index (κ2) is 10.5. The lowest BCUT2D eigenvalue weighted by Gasteiger charge is -2.10. The Bertz CT molecular complexity index is 2220. The van der Waals surface area contributed by atoms with Gasteiger partial charge in [0.15, 0.2) is 17.5 Å². The predicted octanol–water partition coefficient (Wildman–Crippen LogP) is 10.1. The summed E-state index contributed by atoms with van der Waals surface area (Å²) in [6.45, 7) is 0. The highest BCUT2D eigenvalue weighted by atomic mass is 16.3. The Morgan fingerprint density at radius 2 is 0.837 bits per heavy atom. The quantitative estimate of drug-likeness (QED) is 0.214. The molecule has 8 rings (SSSR count). The van der Waals surface area contributed by atoms with E-state index in [4.69, 9.17) is 19.4 Å². The molecule has 43 heavy (non-hydrogen) atoms. The van der Waals surface area contributed by atoms with Gasteiger partial charge in [-0.05, 0) is 28.8 Å². The number of hydrogen-bond donors (Lipinski definition) is 0. The molecule has 4 nitrogen and oxygen atoms in total. The third kappa shape index (κ3) is 4.65. The van der Waals surface area contributed by atoms with Gasteiger partial charge in [-0.15, -0.1) is 0 Å². The van der Waals surface area contributed by atoms with Gasteiger partial charge in [0.25, 0.3) is 0 Å². The number of furan rings is 1. The van der Waals surface area contributed by atoms with E-state index in [0.717, 1.165) is 55.3 Å². The number of benzene rings is 6. The Morgan fingerprint density at radius 3 is 1.58 bits per heavy atom. The highest BCUT2D eigenvalue weighted by molar-refractivity contribution is 6.09. The number of hydrogen-bond acceptors (Lipinski definition) is 4. The van der Waals surface area contributed by atoms with Gasteiger partial charge in [-0.1, -0.05) is 140 Å². The molecule has 0 fully saturated rings. The van der Waals surface area contributed by atoms with Crippen LogP contribution in [0.4, 0.5) is 0 Å². The monoisotopic (exact) mass is 551 g/mol. The van der Waals surface area contributed by atoms with Crippen LogP contribution in [0.25, 0.3) is 78.4 Å². The average molecular weight is 552 g/mol. The second-order valence-corrected chi connectivity index (χ2v) is 10.5. The van der Waals surface area contributed by atoms with Gasteiger partial charge >= 0.3 is 0 Å². The topological polar surface area (TPSA) is 51.8 Å². The minimum atomic E-state index is 0.620. The highest BCUT2D eigenvalue weighted by Crippen LogP contribution is 2.37.